The smallest absolute Gasteiger partial charge is 0.222 e. The predicted molar refractivity (Wildman–Crippen MR) is 50.6 cm³/mol. The van der Waals surface area contributed by atoms with Gasteiger partial charge in [0.15, 0.2) is 11.6 Å². The van der Waals surface area contributed by atoms with E-state index in [0.717, 1.165) is 0 Å². The Labute approximate surface area is 86.1 Å². The minimum absolute atomic E-state index is 0.00903. The van der Waals surface area contributed by atoms with E-state index in [1.165, 1.54) is 19.2 Å². The van der Waals surface area contributed by atoms with Crippen LogP contribution in [0.2, 0.25) is 0 Å². The second-order valence-corrected chi connectivity index (χ2v) is 2.86. The molecule has 4 nitrogen and oxygen atoms in total. The van der Waals surface area contributed by atoms with E-state index in [2.05, 4.69) is 0 Å². The van der Waals surface area contributed by atoms with Crippen LogP contribution in [-0.4, -0.2) is 13.0 Å². The Morgan fingerprint density at radius 3 is 2.80 bits per heavy atom. The predicted octanol–water partition coefficient (Wildman–Crippen LogP) is 0.734. The number of nitriles is 1. The number of amides is 1. The average molecular weight is 208 g/mol. The van der Waals surface area contributed by atoms with Crippen LogP contribution in [0.15, 0.2) is 12.1 Å². The zero-order valence-corrected chi connectivity index (χ0v) is 8.08. The molecule has 1 aromatic carbocycles. The minimum Gasteiger partial charge on any atom is -0.494 e. The largest absolute Gasteiger partial charge is 0.494 e. The third-order valence-electron chi connectivity index (χ3n) is 1.90. The molecule has 2 N–H and O–H groups in total. The monoisotopic (exact) mass is 208 g/mol. The van der Waals surface area contributed by atoms with Gasteiger partial charge in [-0.05, 0) is 12.1 Å². The first kappa shape index (κ1) is 11.0. The minimum atomic E-state index is -0.713. The van der Waals surface area contributed by atoms with Crippen LogP contribution in [0, 0.1) is 17.1 Å². The standard InChI is InChI=1S/C10H9FN2O2/c1-15-8-3-2-6(5-12)7(10(8)11)4-9(13)14/h2-3H,4H2,1H3,(H2,13,14). The summed E-state index contributed by atoms with van der Waals surface area (Å²) >= 11 is 0. The van der Waals surface area contributed by atoms with E-state index < -0.39 is 11.7 Å². The van der Waals surface area contributed by atoms with Crippen molar-refractivity contribution in [1.82, 2.24) is 0 Å². The van der Waals surface area contributed by atoms with Crippen molar-refractivity contribution in [2.75, 3.05) is 7.11 Å². The number of benzene rings is 1. The lowest BCUT2D eigenvalue weighted by atomic mass is 10.0. The number of carbonyl (C=O) groups excluding carboxylic acids is 1. The second kappa shape index (κ2) is 4.42. The summed E-state index contributed by atoms with van der Waals surface area (Å²) in [5.41, 5.74) is 5.02. The maximum Gasteiger partial charge on any atom is 0.222 e. The first-order valence-corrected chi connectivity index (χ1v) is 4.14. The molecule has 0 bridgehead atoms. The summed E-state index contributed by atoms with van der Waals surface area (Å²) in [7, 11) is 1.30. The Bertz CT molecular complexity index is 438. The summed E-state index contributed by atoms with van der Waals surface area (Å²) in [6, 6.07) is 4.51. The number of ether oxygens (including phenoxy) is 1. The van der Waals surface area contributed by atoms with E-state index in [0.29, 0.717) is 0 Å². The molecule has 0 saturated heterocycles. The van der Waals surface area contributed by atoms with Gasteiger partial charge in [-0.25, -0.2) is 4.39 Å². The highest BCUT2D eigenvalue weighted by Gasteiger charge is 2.15. The van der Waals surface area contributed by atoms with Crippen LogP contribution in [0.4, 0.5) is 4.39 Å². The van der Waals surface area contributed by atoms with E-state index >= 15 is 0 Å². The van der Waals surface area contributed by atoms with Gasteiger partial charge in [-0.3, -0.25) is 4.79 Å². The molecule has 0 fully saturated rings. The van der Waals surface area contributed by atoms with Crippen molar-refractivity contribution in [2.24, 2.45) is 5.73 Å². The molecule has 0 aliphatic carbocycles. The molecule has 0 atom stereocenters. The number of methoxy groups -OCH3 is 1. The van der Waals surface area contributed by atoms with Crippen molar-refractivity contribution < 1.29 is 13.9 Å². The number of rotatable bonds is 3. The van der Waals surface area contributed by atoms with Crippen molar-refractivity contribution in [3.63, 3.8) is 0 Å². The topological polar surface area (TPSA) is 76.1 Å². The molecule has 0 aromatic heterocycles. The van der Waals surface area contributed by atoms with Gasteiger partial charge >= 0.3 is 0 Å². The number of halogens is 1. The lowest BCUT2D eigenvalue weighted by Gasteiger charge is -2.07. The first-order valence-electron chi connectivity index (χ1n) is 4.14. The first-order chi connectivity index (χ1) is 7.10. The van der Waals surface area contributed by atoms with Gasteiger partial charge in [0, 0.05) is 5.56 Å². The number of nitrogens with zero attached hydrogens (tertiary/aromatic N) is 1. The van der Waals surface area contributed by atoms with Gasteiger partial charge in [-0.15, -0.1) is 0 Å². The fraction of sp³-hybridized carbons (Fsp3) is 0.200. The van der Waals surface area contributed by atoms with Crippen molar-refractivity contribution in [2.45, 2.75) is 6.42 Å². The van der Waals surface area contributed by atoms with E-state index in [4.69, 9.17) is 15.7 Å². The SMILES string of the molecule is COc1ccc(C#N)c(CC(N)=O)c1F. The molecule has 1 amide bonds. The van der Waals surface area contributed by atoms with Crippen molar-refractivity contribution in [3.8, 4) is 11.8 Å². The van der Waals surface area contributed by atoms with Gasteiger partial charge in [-0.2, -0.15) is 5.26 Å². The Morgan fingerprint density at radius 2 is 2.33 bits per heavy atom. The van der Waals surface area contributed by atoms with Crippen LogP contribution in [-0.2, 0) is 11.2 Å². The summed E-state index contributed by atoms with van der Waals surface area (Å²) in [5, 5.41) is 8.71. The van der Waals surface area contributed by atoms with Crippen LogP contribution in [0.1, 0.15) is 11.1 Å². The summed E-state index contributed by atoms with van der Waals surface area (Å²) < 4.78 is 18.3. The highest BCUT2D eigenvalue weighted by molar-refractivity contribution is 5.77. The number of primary amides is 1. The van der Waals surface area contributed by atoms with E-state index in [-0.39, 0.29) is 23.3 Å². The highest BCUT2D eigenvalue weighted by Crippen LogP contribution is 2.23. The summed E-state index contributed by atoms with van der Waals surface area (Å²) in [6.45, 7) is 0. The Morgan fingerprint density at radius 1 is 1.67 bits per heavy atom. The third kappa shape index (κ3) is 2.23. The quantitative estimate of drug-likeness (QED) is 0.795. The zero-order valence-electron chi connectivity index (χ0n) is 8.08. The zero-order chi connectivity index (χ0) is 11.4. The van der Waals surface area contributed by atoms with Crippen LogP contribution >= 0.6 is 0 Å². The molecule has 0 radical (unpaired) electrons. The number of nitrogens with two attached hydrogens (primary N) is 1. The highest BCUT2D eigenvalue weighted by atomic mass is 19.1. The van der Waals surface area contributed by atoms with Crippen molar-refractivity contribution in [1.29, 1.82) is 5.26 Å². The fourth-order valence-electron chi connectivity index (χ4n) is 1.21. The lowest BCUT2D eigenvalue weighted by Crippen LogP contribution is -2.16. The maximum atomic E-state index is 13.6. The molecule has 78 valence electrons. The van der Waals surface area contributed by atoms with Gasteiger partial charge in [0.2, 0.25) is 5.91 Å². The summed E-state index contributed by atoms with van der Waals surface area (Å²) in [4.78, 5) is 10.7. The molecule has 0 spiro atoms. The molecule has 15 heavy (non-hydrogen) atoms. The van der Waals surface area contributed by atoms with Crippen LogP contribution < -0.4 is 10.5 Å². The fourth-order valence-corrected chi connectivity index (χ4v) is 1.21. The molecule has 1 rings (SSSR count). The summed E-state index contributed by atoms with van der Waals surface area (Å²) in [6.07, 6.45) is -0.314. The van der Waals surface area contributed by atoms with Gasteiger partial charge < -0.3 is 10.5 Å². The number of hydrogen-bond acceptors (Lipinski definition) is 3. The van der Waals surface area contributed by atoms with Gasteiger partial charge in [0.25, 0.3) is 0 Å². The van der Waals surface area contributed by atoms with Crippen LogP contribution in [0.25, 0.3) is 0 Å². The normalized spacial score (nSPS) is 9.40. The van der Waals surface area contributed by atoms with Crippen LogP contribution in [0.3, 0.4) is 0 Å². The maximum absolute atomic E-state index is 13.6. The van der Waals surface area contributed by atoms with E-state index in [1.54, 1.807) is 6.07 Å². The molecule has 0 saturated carbocycles. The Kier molecular flexibility index (Phi) is 3.24. The van der Waals surface area contributed by atoms with Crippen molar-refractivity contribution in [3.05, 3.63) is 29.1 Å². The van der Waals surface area contributed by atoms with E-state index in [1.807, 2.05) is 0 Å². The van der Waals surface area contributed by atoms with Gasteiger partial charge in [-0.1, -0.05) is 0 Å². The molecule has 0 aliphatic heterocycles. The van der Waals surface area contributed by atoms with E-state index in [9.17, 15) is 9.18 Å². The number of carbonyl (C=O) groups is 1. The van der Waals surface area contributed by atoms with Gasteiger partial charge in [0.05, 0.1) is 25.2 Å². The molecule has 0 aliphatic rings. The Hall–Kier alpha value is -2.09. The molecule has 1 aromatic rings. The second-order valence-electron chi connectivity index (χ2n) is 2.86. The average Bonchev–Trinajstić information content (AvgIpc) is 2.20. The Balaban J connectivity index is 3.30. The van der Waals surface area contributed by atoms with Crippen molar-refractivity contribution >= 4 is 5.91 Å². The van der Waals surface area contributed by atoms with Gasteiger partial charge in [0.1, 0.15) is 0 Å². The molecule has 0 unspecified atom stereocenters. The molecule has 0 heterocycles. The lowest BCUT2D eigenvalue weighted by molar-refractivity contribution is -0.117. The van der Waals surface area contributed by atoms with Crippen LogP contribution in [0.5, 0.6) is 5.75 Å². The number of hydrogen-bond donors (Lipinski definition) is 1. The molecule has 5 heteroatoms. The molecular formula is C10H9FN2O2. The summed E-state index contributed by atoms with van der Waals surface area (Å²) in [5.74, 6) is -1.42. The third-order valence-corrected chi connectivity index (χ3v) is 1.90. The molecular weight excluding hydrogens is 199 g/mol.